The van der Waals surface area contributed by atoms with E-state index in [2.05, 4.69) is 19.8 Å². The van der Waals surface area contributed by atoms with Gasteiger partial charge in [-0.25, -0.2) is 14.4 Å². The minimum absolute atomic E-state index is 0.0216. The maximum atomic E-state index is 14.5. The lowest BCUT2D eigenvalue weighted by atomic mass is 9.69. The number of esters is 1. The number of alkyl halides is 3. The summed E-state index contributed by atoms with van der Waals surface area (Å²) in [5, 5.41) is 0. The molecule has 49 heavy (non-hydrogen) atoms. The summed E-state index contributed by atoms with van der Waals surface area (Å²) >= 11 is 0. The lowest BCUT2D eigenvalue weighted by Gasteiger charge is -2.44. The number of carbonyl (C=O) groups is 1. The third kappa shape index (κ3) is 7.52. The van der Waals surface area contributed by atoms with Gasteiger partial charge in [0, 0.05) is 62.1 Å². The molecule has 2 aromatic heterocycles. The van der Waals surface area contributed by atoms with E-state index < -0.39 is 17.6 Å². The molecule has 0 amide bonds. The fourth-order valence-electron chi connectivity index (χ4n) is 7.17. The number of H-pyrrole nitrogens is 1. The SMILES string of the molecule is COCC1(CN(C)c2cc(-c3cc(F)cc(C(F)(F)F)c3)nc3nc(-c4ccc(N5CCC(N(C)CC(=O)OC)CC5)cc4)[nH]c23)CCC1. The van der Waals surface area contributed by atoms with Gasteiger partial charge < -0.3 is 24.3 Å². The van der Waals surface area contributed by atoms with Crippen molar-refractivity contribution in [2.45, 2.75) is 44.3 Å². The molecule has 9 nitrogen and oxygen atoms in total. The second-order valence-electron chi connectivity index (χ2n) is 13.4. The molecular weight excluding hydrogens is 640 g/mol. The molecule has 6 rings (SSSR count). The van der Waals surface area contributed by atoms with Crippen LogP contribution in [-0.2, 0) is 20.4 Å². The van der Waals surface area contributed by atoms with Gasteiger partial charge in [0.05, 0.1) is 37.2 Å². The first-order chi connectivity index (χ1) is 23.4. The van der Waals surface area contributed by atoms with Crippen LogP contribution < -0.4 is 9.80 Å². The molecule has 2 aromatic carbocycles. The number of hydrogen-bond donors (Lipinski definition) is 1. The Labute approximate surface area is 283 Å². The maximum Gasteiger partial charge on any atom is 0.416 e. The molecular formula is C36H42F4N6O3. The Hall–Kier alpha value is -4.23. The van der Waals surface area contributed by atoms with Crippen molar-refractivity contribution < 1.29 is 31.8 Å². The number of carbonyl (C=O) groups excluding carboxylic acids is 1. The summed E-state index contributed by atoms with van der Waals surface area (Å²) < 4.78 is 65.7. The van der Waals surface area contributed by atoms with E-state index in [-0.39, 0.29) is 29.2 Å². The van der Waals surface area contributed by atoms with Crippen LogP contribution in [0.2, 0.25) is 0 Å². The van der Waals surface area contributed by atoms with Crippen LogP contribution >= 0.6 is 0 Å². The number of nitrogens with one attached hydrogen (secondary N) is 1. The number of methoxy groups -OCH3 is 2. The number of hydrogen-bond acceptors (Lipinski definition) is 8. The zero-order valence-electron chi connectivity index (χ0n) is 28.2. The van der Waals surface area contributed by atoms with Crippen LogP contribution in [0.25, 0.3) is 33.8 Å². The second kappa shape index (κ2) is 13.9. The number of aromatic amines is 1. The number of ether oxygens (including phenoxy) is 2. The summed E-state index contributed by atoms with van der Waals surface area (Å²) in [5.74, 6) is -0.668. The Bertz CT molecular complexity index is 1780. The molecule has 0 bridgehead atoms. The molecule has 0 unspecified atom stereocenters. The van der Waals surface area contributed by atoms with Gasteiger partial charge in [-0.3, -0.25) is 9.69 Å². The largest absolute Gasteiger partial charge is 0.468 e. The van der Waals surface area contributed by atoms with Gasteiger partial charge in [0.25, 0.3) is 0 Å². The average Bonchev–Trinajstić information content (AvgIpc) is 3.50. The van der Waals surface area contributed by atoms with Crippen LogP contribution in [0, 0.1) is 11.2 Å². The van der Waals surface area contributed by atoms with Gasteiger partial charge >= 0.3 is 12.1 Å². The lowest BCUT2D eigenvalue weighted by molar-refractivity contribution is -0.142. The number of imidazole rings is 1. The van der Waals surface area contributed by atoms with E-state index in [0.717, 1.165) is 68.6 Å². The number of nitrogens with zero attached hydrogens (tertiary/aromatic N) is 5. The van der Waals surface area contributed by atoms with Gasteiger partial charge in [0.1, 0.15) is 17.2 Å². The van der Waals surface area contributed by atoms with Crippen molar-refractivity contribution in [3.8, 4) is 22.6 Å². The van der Waals surface area contributed by atoms with E-state index in [1.165, 1.54) is 7.11 Å². The number of rotatable bonds is 11. The first-order valence-corrected chi connectivity index (χ1v) is 16.5. The number of anilines is 2. The molecule has 2 fully saturated rings. The molecule has 0 radical (unpaired) electrons. The Balaban J connectivity index is 1.29. The topological polar surface area (TPSA) is 86.8 Å². The van der Waals surface area contributed by atoms with E-state index in [9.17, 15) is 22.4 Å². The summed E-state index contributed by atoms with van der Waals surface area (Å²) in [5.41, 5.74) is 2.67. The quantitative estimate of drug-likeness (QED) is 0.137. The molecule has 0 spiro atoms. The molecule has 13 heteroatoms. The molecule has 262 valence electrons. The summed E-state index contributed by atoms with van der Waals surface area (Å²) in [4.78, 5) is 31.0. The number of halogens is 4. The van der Waals surface area contributed by atoms with E-state index in [1.54, 1.807) is 13.2 Å². The lowest BCUT2D eigenvalue weighted by Crippen LogP contribution is -2.45. The predicted octanol–water partition coefficient (Wildman–Crippen LogP) is 6.78. The minimum atomic E-state index is -4.71. The first-order valence-electron chi connectivity index (χ1n) is 16.5. The monoisotopic (exact) mass is 682 g/mol. The van der Waals surface area contributed by atoms with Crippen LogP contribution in [0.15, 0.2) is 48.5 Å². The molecule has 1 aliphatic carbocycles. The normalized spacial score (nSPS) is 16.6. The molecule has 1 N–H and O–H groups in total. The molecule has 0 atom stereocenters. The van der Waals surface area contributed by atoms with Crippen LogP contribution in [0.3, 0.4) is 0 Å². The Morgan fingerprint density at radius 2 is 1.73 bits per heavy atom. The smallest absolute Gasteiger partial charge is 0.416 e. The highest BCUT2D eigenvalue weighted by Gasteiger charge is 2.38. The van der Waals surface area contributed by atoms with E-state index in [0.29, 0.717) is 47.9 Å². The van der Waals surface area contributed by atoms with Crippen molar-refractivity contribution >= 4 is 28.5 Å². The van der Waals surface area contributed by atoms with Crippen molar-refractivity contribution in [2.24, 2.45) is 5.41 Å². The van der Waals surface area contributed by atoms with Crippen molar-refractivity contribution in [3.05, 3.63) is 59.9 Å². The van der Waals surface area contributed by atoms with Gasteiger partial charge in [-0.15, -0.1) is 0 Å². The number of aromatic nitrogens is 3. The molecule has 1 saturated carbocycles. The highest BCUT2D eigenvalue weighted by atomic mass is 19.4. The fraction of sp³-hybridized carbons (Fsp3) is 0.472. The maximum absolute atomic E-state index is 14.5. The Morgan fingerprint density at radius 1 is 1.02 bits per heavy atom. The summed E-state index contributed by atoms with van der Waals surface area (Å²) in [6.45, 7) is 3.23. The van der Waals surface area contributed by atoms with E-state index >= 15 is 0 Å². The highest BCUT2D eigenvalue weighted by Crippen LogP contribution is 2.43. The van der Waals surface area contributed by atoms with Crippen LogP contribution in [0.1, 0.15) is 37.7 Å². The zero-order chi connectivity index (χ0) is 34.9. The molecule has 4 aromatic rings. The Morgan fingerprint density at radius 3 is 2.35 bits per heavy atom. The number of likely N-dealkylation sites (N-methyl/N-ethyl adjacent to an activating group) is 1. The Kier molecular flexibility index (Phi) is 9.86. The molecule has 3 heterocycles. The van der Waals surface area contributed by atoms with Gasteiger partial charge in [0.15, 0.2) is 5.65 Å². The predicted molar refractivity (Wildman–Crippen MR) is 181 cm³/mol. The number of pyridine rings is 1. The van der Waals surface area contributed by atoms with Gasteiger partial charge in [0.2, 0.25) is 0 Å². The second-order valence-corrected chi connectivity index (χ2v) is 13.4. The van der Waals surface area contributed by atoms with E-state index in [4.69, 9.17) is 14.5 Å². The molecule has 1 saturated heterocycles. The van der Waals surface area contributed by atoms with E-state index in [1.807, 2.05) is 43.3 Å². The molecule has 1 aliphatic heterocycles. The van der Waals surface area contributed by atoms with Gasteiger partial charge in [-0.2, -0.15) is 13.2 Å². The third-order valence-electron chi connectivity index (χ3n) is 10.0. The number of fused-ring (bicyclic) bond motifs is 1. The summed E-state index contributed by atoms with van der Waals surface area (Å²) in [7, 11) is 6.97. The van der Waals surface area contributed by atoms with Gasteiger partial charge in [-0.1, -0.05) is 6.42 Å². The summed E-state index contributed by atoms with van der Waals surface area (Å²) in [6, 6.07) is 12.5. The first kappa shape index (κ1) is 34.6. The highest BCUT2D eigenvalue weighted by molar-refractivity contribution is 5.91. The standard InChI is InChI=1S/C36H42F4N6O3/c1-44(20-31(47)49-4)27-10-14-46(15-11-27)28-8-6-23(7-9-28)33-42-32-30(45(2)21-35(22-48-3)12-5-13-35)19-29(41-34(32)43-33)24-16-25(36(38,39)40)18-26(37)17-24/h6-9,16-19,27H,5,10-15,20-22H2,1-4H3,(H,41,42,43). The number of piperidine rings is 1. The van der Waals surface area contributed by atoms with Crippen LogP contribution in [0.4, 0.5) is 28.9 Å². The van der Waals surface area contributed by atoms with Crippen molar-refractivity contribution in [1.82, 2.24) is 19.9 Å². The van der Waals surface area contributed by atoms with Gasteiger partial charge in [-0.05, 0) is 81.3 Å². The third-order valence-corrected chi connectivity index (χ3v) is 10.0. The van der Waals surface area contributed by atoms with Crippen molar-refractivity contribution in [2.75, 3.05) is 70.9 Å². The van der Waals surface area contributed by atoms with Crippen molar-refractivity contribution in [1.29, 1.82) is 0 Å². The summed E-state index contributed by atoms with van der Waals surface area (Å²) in [6.07, 6.45) is 0.252. The van der Waals surface area contributed by atoms with Crippen molar-refractivity contribution in [3.63, 3.8) is 0 Å². The fourth-order valence-corrected chi connectivity index (χ4v) is 7.17. The zero-order valence-corrected chi connectivity index (χ0v) is 28.2. The average molecular weight is 683 g/mol. The van der Waals surface area contributed by atoms with Crippen LogP contribution in [0.5, 0.6) is 0 Å². The van der Waals surface area contributed by atoms with Crippen LogP contribution in [-0.4, -0.2) is 93.0 Å². The minimum Gasteiger partial charge on any atom is -0.468 e. The molecule has 2 aliphatic rings. The number of benzene rings is 2.